The molecule has 4 heteroatoms. The third kappa shape index (κ3) is 1.95. The minimum absolute atomic E-state index is 0.0532. The van der Waals surface area contributed by atoms with Crippen molar-refractivity contribution in [2.75, 3.05) is 7.05 Å². The first-order chi connectivity index (χ1) is 5.70. The van der Waals surface area contributed by atoms with Gasteiger partial charge in [-0.15, -0.1) is 0 Å². The van der Waals surface area contributed by atoms with E-state index in [-0.39, 0.29) is 11.9 Å². The number of carbonyl (C=O) groups is 1. The lowest BCUT2D eigenvalue weighted by Gasteiger charge is -2.24. The Kier molecular flexibility index (Phi) is 3.05. The molecule has 0 heterocycles. The average molecular weight is 171 g/mol. The molecule has 1 unspecified atom stereocenters. The number of hydrogen-bond donors (Lipinski definition) is 2. The molecule has 70 valence electrons. The molecule has 0 aliphatic heterocycles. The Morgan fingerprint density at radius 1 is 1.75 bits per heavy atom. The Hall–Kier alpha value is -0.610. The van der Waals surface area contributed by atoms with Gasteiger partial charge in [0.15, 0.2) is 0 Å². The second-order valence-corrected chi connectivity index (χ2v) is 3.33. The Bertz CT molecular complexity index is 168. The number of nitrogens with one attached hydrogen (secondary N) is 1. The highest BCUT2D eigenvalue weighted by Gasteiger charge is 2.33. The second-order valence-electron chi connectivity index (χ2n) is 3.33. The molecule has 0 aromatic carbocycles. The van der Waals surface area contributed by atoms with E-state index >= 15 is 0 Å². The molecule has 0 aromatic heterocycles. The number of hydrazine groups is 1. The molecule has 1 aliphatic carbocycles. The van der Waals surface area contributed by atoms with E-state index in [0.29, 0.717) is 6.04 Å². The predicted octanol–water partition coefficient (Wildman–Crippen LogP) is -0.151. The number of likely N-dealkylation sites (N-methyl/N-ethyl adjacent to an activating group) is 1. The Labute approximate surface area is 73.1 Å². The molecule has 0 bridgehead atoms. The van der Waals surface area contributed by atoms with Crippen molar-refractivity contribution in [3.63, 3.8) is 0 Å². The van der Waals surface area contributed by atoms with Crippen LogP contribution in [0.15, 0.2) is 0 Å². The summed E-state index contributed by atoms with van der Waals surface area (Å²) in [6.07, 6.45) is 3.24. The summed E-state index contributed by atoms with van der Waals surface area (Å²) in [6.45, 7) is 2.00. The van der Waals surface area contributed by atoms with E-state index in [0.717, 1.165) is 6.42 Å². The summed E-state index contributed by atoms with van der Waals surface area (Å²) in [7, 11) is 1.99. The number of rotatable bonds is 4. The summed E-state index contributed by atoms with van der Waals surface area (Å²) in [5.41, 5.74) is 2.20. The fraction of sp³-hybridized carbons (Fsp3) is 0.875. The number of nitrogens with zero attached hydrogens (tertiary/aromatic N) is 1. The molecule has 0 saturated heterocycles. The van der Waals surface area contributed by atoms with Crippen molar-refractivity contribution in [1.82, 2.24) is 10.3 Å². The van der Waals surface area contributed by atoms with Crippen molar-refractivity contribution >= 4 is 5.91 Å². The lowest BCUT2D eigenvalue weighted by atomic mass is 10.2. The molecule has 0 radical (unpaired) electrons. The average Bonchev–Trinajstić information content (AvgIpc) is 2.87. The van der Waals surface area contributed by atoms with Gasteiger partial charge in [-0.3, -0.25) is 15.1 Å². The maximum Gasteiger partial charge on any atom is 0.251 e. The SMILES string of the molecule is CCC(C(=O)NN)N(C)C1CC1. The van der Waals surface area contributed by atoms with E-state index in [9.17, 15) is 4.79 Å². The summed E-state index contributed by atoms with van der Waals surface area (Å²) in [6, 6.07) is 0.551. The summed E-state index contributed by atoms with van der Waals surface area (Å²) in [5.74, 6) is 5.00. The zero-order valence-corrected chi connectivity index (χ0v) is 7.71. The minimum Gasteiger partial charge on any atom is -0.293 e. The third-order valence-electron chi connectivity index (χ3n) is 2.45. The molecular weight excluding hydrogens is 154 g/mol. The van der Waals surface area contributed by atoms with E-state index in [1.54, 1.807) is 0 Å². The first kappa shape index (κ1) is 9.48. The molecular formula is C8H17N3O. The zero-order chi connectivity index (χ0) is 9.14. The minimum atomic E-state index is -0.0769. The van der Waals surface area contributed by atoms with E-state index in [1.807, 2.05) is 14.0 Å². The van der Waals surface area contributed by atoms with Crippen molar-refractivity contribution in [2.24, 2.45) is 5.84 Å². The summed E-state index contributed by atoms with van der Waals surface area (Å²) in [4.78, 5) is 13.4. The van der Waals surface area contributed by atoms with Crippen LogP contribution in [0.2, 0.25) is 0 Å². The van der Waals surface area contributed by atoms with Crippen LogP contribution < -0.4 is 11.3 Å². The van der Waals surface area contributed by atoms with Crippen LogP contribution in [-0.2, 0) is 4.79 Å². The van der Waals surface area contributed by atoms with Gasteiger partial charge < -0.3 is 0 Å². The molecule has 3 N–H and O–H groups in total. The quantitative estimate of drug-likeness (QED) is 0.351. The maximum atomic E-state index is 11.2. The van der Waals surface area contributed by atoms with Crippen molar-refractivity contribution in [3.8, 4) is 0 Å². The van der Waals surface area contributed by atoms with Crippen LogP contribution in [0.4, 0.5) is 0 Å². The first-order valence-corrected chi connectivity index (χ1v) is 4.43. The van der Waals surface area contributed by atoms with Crippen LogP contribution in [0, 0.1) is 0 Å². The number of amides is 1. The fourth-order valence-corrected chi connectivity index (χ4v) is 1.49. The van der Waals surface area contributed by atoms with Crippen molar-refractivity contribution in [3.05, 3.63) is 0 Å². The molecule has 12 heavy (non-hydrogen) atoms. The smallest absolute Gasteiger partial charge is 0.251 e. The normalized spacial score (nSPS) is 19.3. The van der Waals surface area contributed by atoms with Gasteiger partial charge in [0.05, 0.1) is 6.04 Å². The van der Waals surface area contributed by atoms with Crippen LogP contribution in [0.3, 0.4) is 0 Å². The predicted molar refractivity (Wildman–Crippen MR) is 47.2 cm³/mol. The van der Waals surface area contributed by atoms with Crippen LogP contribution in [-0.4, -0.2) is 29.9 Å². The highest BCUT2D eigenvalue weighted by molar-refractivity contribution is 5.81. The van der Waals surface area contributed by atoms with Gasteiger partial charge in [-0.1, -0.05) is 6.92 Å². The second kappa shape index (κ2) is 3.87. The van der Waals surface area contributed by atoms with Gasteiger partial charge in [-0.2, -0.15) is 0 Å². The first-order valence-electron chi connectivity index (χ1n) is 4.43. The topological polar surface area (TPSA) is 58.4 Å². The molecule has 1 amide bonds. The molecule has 4 nitrogen and oxygen atoms in total. The molecule has 1 rings (SSSR count). The van der Waals surface area contributed by atoms with Gasteiger partial charge in [-0.25, -0.2) is 5.84 Å². The van der Waals surface area contributed by atoms with Gasteiger partial charge in [-0.05, 0) is 26.3 Å². The molecule has 0 aromatic rings. The summed E-state index contributed by atoms with van der Waals surface area (Å²) in [5, 5.41) is 0. The number of carbonyl (C=O) groups excluding carboxylic acids is 1. The summed E-state index contributed by atoms with van der Waals surface area (Å²) >= 11 is 0. The van der Waals surface area contributed by atoms with Gasteiger partial charge in [0.1, 0.15) is 0 Å². The van der Waals surface area contributed by atoms with Crippen LogP contribution in [0.1, 0.15) is 26.2 Å². The molecule has 0 spiro atoms. The van der Waals surface area contributed by atoms with Crippen LogP contribution in [0.25, 0.3) is 0 Å². The Morgan fingerprint density at radius 2 is 2.33 bits per heavy atom. The standard InChI is InChI=1S/C8H17N3O/c1-3-7(8(12)10-9)11(2)6-4-5-6/h6-7H,3-5,9H2,1-2H3,(H,10,12). The monoisotopic (exact) mass is 171 g/mol. The lowest BCUT2D eigenvalue weighted by molar-refractivity contribution is -0.126. The van der Waals surface area contributed by atoms with Crippen molar-refractivity contribution < 1.29 is 4.79 Å². The maximum absolute atomic E-state index is 11.2. The fourth-order valence-electron chi connectivity index (χ4n) is 1.49. The molecule has 1 aliphatic rings. The number of hydrogen-bond acceptors (Lipinski definition) is 3. The third-order valence-corrected chi connectivity index (χ3v) is 2.45. The van der Waals surface area contributed by atoms with Gasteiger partial charge >= 0.3 is 0 Å². The highest BCUT2D eigenvalue weighted by Crippen LogP contribution is 2.27. The van der Waals surface area contributed by atoms with Crippen molar-refractivity contribution in [1.29, 1.82) is 0 Å². The largest absolute Gasteiger partial charge is 0.293 e. The number of nitrogens with two attached hydrogens (primary N) is 1. The van der Waals surface area contributed by atoms with Gasteiger partial charge in [0.2, 0.25) is 0 Å². The summed E-state index contributed by atoms with van der Waals surface area (Å²) < 4.78 is 0. The molecule has 1 fully saturated rings. The molecule has 1 atom stereocenters. The van der Waals surface area contributed by atoms with Crippen LogP contribution >= 0.6 is 0 Å². The lowest BCUT2D eigenvalue weighted by Crippen LogP contribution is -2.48. The van der Waals surface area contributed by atoms with E-state index < -0.39 is 0 Å². The van der Waals surface area contributed by atoms with E-state index in [1.165, 1.54) is 12.8 Å². The highest BCUT2D eigenvalue weighted by atomic mass is 16.2. The molecule has 1 saturated carbocycles. The Morgan fingerprint density at radius 3 is 2.67 bits per heavy atom. The van der Waals surface area contributed by atoms with E-state index in [2.05, 4.69) is 10.3 Å². The van der Waals surface area contributed by atoms with E-state index in [4.69, 9.17) is 5.84 Å². The van der Waals surface area contributed by atoms with Gasteiger partial charge in [0.25, 0.3) is 5.91 Å². The zero-order valence-electron chi connectivity index (χ0n) is 7.71. The van der Waals surface area contributed by atoms with Crippen molar-refractivity contribution in [2.45, 2.75) is 38.3 Å². The van der Waals surface area contributed by atoms with Gasteiger partial charge in [0, 0.05) is 6.04 Å². The Balaban J connectivity index is 2.47. The van der Waals surface area contributed by atoms with Crippen LogP contribution in [0.5, 0.6) is 0 Å².